The lowest BCUT2D eigenvalue weighted by atomic mass is 10.00. The maximum Gasteiger partial charge on any atom is 0.168 e. The summed E-state index contributed by atoms with van der Waals surface area (Å²) in [5.41, 5.74) is 5.40. The highest BCUT2D eigenvalue weighted by atomic mass is 19.1. The molecule has 2 rings (SSSR count). The highest BCUT2D eigenvalue weighted by molar-refractivity contribution is 5.48. The van der Waals surface area contributed by atoms with Crippen LogP contribution in [-0.4, -0.2) is 17.6 Å². The normalized spacial score (nSPS) is 20.6. The van der Waals surface area contributed by atoms with E-state index in [0.717, 1.165) is 38.3 Å². The Morgan fingerprint density at radius 3 is 2.88 bits per heavy atom. The lowest BCUT2D eigenvalue weighted by Gasteiger charge is -2.36. The fraction of sp³-hybridized carbons (Fsp3) is 0.583. The molecule has 5 heteroatoms. The SMILES string of the molecule is CCC1CCCCN1c1nc(N)c(F)cc1F. The molecule has 1 aromatic heterocycles. The number of nitrogens with two attached hydrogens (primary N) is 1. The minimum Gasteiger partial charge on any atom is -0.381 e. The van der Waals surface area contributed by atoms with Gasteiger partial charge in [0, 0.05) is 18.7 Å². The Bertz CT molecular complexity index is 409. The van der Waals surface area contributed by atoms with Crippen LogP contribution >= 0.6 is 0 Å². The minimum atomic E-state index is -0.795. The smallest absolute Gasteiger partial charge is 0.168 e. The van der Waals surface area contributed by atoms with Gasteiger partial charge in [-0.3, -0.25) is 0 Å². The monoisotopic (exact) mass is 241 g/mol. The first-order chi connectivity index (χ1) is 8.13. The third-order valence-electron chi connectivity index (χ3n) is 3.31. The molecule has 0 bridgehead atoms. The zero-order valence-corrected chi connectivity index (χ0v) is 9.92. The second kappa shape index (κ2) is 4.85. The van der Waals surface area contributed by atoms with Crippen molar-refractivity contribution in [2.75, 3.05) is 17.2 Å². The Labute approximate surface area is 99.6 Å². The summed E-state index contributed by atoms with van der Waals surface area (Å²) in [6, 6.07) is 1.09. The van der Waals surface area contributed by atoms with Gasteiger partial charge in [0.05, 0.1) is 0 Å². The predicted octanol–water partition coefficient (Wildman–Crippen LogP) is 2.71. The van der Waals surface area contributed by atoms with E-state index < -0.39 is 11.6 Å². The Kier molecular flexibility index (Phi) is 3.45. The molecule has 1 aliphatic rings. The first-order valence-corrected chi connectivity index (χ1v) is 6.01. The average Bonchev–Trinajstić information content (AvgIpc) is 2.34. The molecular weight excluding hydrogens is 224 g/mol. The number of rotatable bonds is 2. The first kappa shape index (κ1) is 12.1. The highest BCUT2D eigenvalue weighted by Crippen LogP contribution is 2.28. The van der Waals surface area contributed by atoms with E-state index in [1.807, 2.05) is 4.90 Å². The second-order valence-corrected chi connectivity index (χ2v) is 4.41. The lowest BCUT2D eigenvalue weighted by molar-refractivity contribution is 0.438. The molecule has 2 N–H and O–H groups in total. The highest BCUT2D eigenvalue weighted by Gasteiger charge is 2.25. The average molecular weight is 241 g/mol. The van der Waals surface area contributed by atoms with Crippen LogP contribution in [-0.2, 0) is 0 Å². The van der Waals surface area contributed by atoms with Gasteiger partial charge in [-0.05, 0) is 25.7 Å². The van der Waals surface area contributed by atoms with E-state index in [0.29, 0.717) is 0 Å². The van der Waals surface area contributed by atoms with E-state index in [9.17, 15) is 8.78 Å². The summed E-state index contributed by atoms with van der Waals surface area (Å²) in [5, 5.41) is 0. The summed E-state index contributed by atoms with van der Waals surface area (Å²) in [6.07, 6.45) is 4.11. The van der Waals surface area contributed by atoms with Crippen molar-refractivity contribution in [1.29, 1.82) is 0 Å². The molecule has 0 aliphatic carbocycles. The maximum absolute atomic E-state index is 13.7. The molecular formula is C12H17F2N3. The van der Waals surface area contributed by atoms with E-state index in [-0.39, 0.29) is 17.7 Å². The lowest BCUT2D eigenvalue weighted by Crippen LogP contribution is -2.40. The number of hydrogen-bond acceptors (Lipinski definition) is 3. The fourth-order valence-electron chi connectivity index (χ4n) is 2.38. The number of nitrogen functional groups attached to an aromatic ring is 1. The maximum atomic E-state index is 13.7. The summed E-state index contributed by atoms with van der Waals surface area (Å²) in [4.78, 5) is 5.76. The molecule has 1 aromatic rings. The van der Waals surface area contributed by atoms with Gasteiger partial charge in [-0.1, -0.05) is 6.92 Å². The Morgan fingerprint density at radius 2 is 2.18 bits per heavy atom. The molecule has 1 fully saturated rings. The number of aromatic nitrogens is 1. The number of hydrogen-bond donors (Lipinski definition) is 1. The van der Waals surface area contributed by atoms with Crippen LogP contribution in [0.1, 0.15) is 32.6 Å². The van der Waals surface area contributed by atoms with Crippen molar-refractivity contribution in [2.45, 2.75) is 38.6 Å². The molecule has 17 heavy (non-hydrogen) atoms. The van der Waals surface area contributed by atoms with Gasteiger partial charge in [-0.25, -0.2) is 13.8 Å². The van der Waals surface area contributed by atoms with Crippen molar-refractivity contribution in [3.63, 3.8) is 0 Å². The molecule has 1 aliphatic heterocycles. The van der Waals surface area contributed by atoms with Crippen molar-refractivity contribution in [3.05, 3.63) is 17.7 Å². The Morgan fingerprint density at radius 1 is 1.41 bits per heavy atom. The molecule has 3 nitrogen and oxygen atoms in total. The van der Waals surface area contributed by atoms with Crippen LogP contribution in [0.3, 0.4) is 0 Å². The number of halogens is 2. The van der Waals surface area contributed by atoms with Gasteiger partial charge in [0.1, 0.15) is 0 Å². The first-order valence-electron chi connectivity index (χ1n) is 6.01. The third-order valence-corrected chi connectivity index (χ3v) is 3.31. The summed E-state index contributed by atoms with van der Waals surface area (Å²) in [6.45, 7) is 2.82. The van der Waals surface area contributed by atoms with Crippen LogP contribution in [0.25, 0.3) is 0 Å². The largest absolute Gasteiger partial charge is 0.381 e. The van der Waals surface area contributed by atoms with Crippen LogP contribution in [0.2, 0.25) is 0 Å². The van der Waals surface area contributed by atoms with Crippen LogP contribution in [0.4, 0.5) is 20.4 Å². The van der Waals surface area contributed by atoms with Gasteiger partial charge in [0.2, 0.25) is 0 Å². The number of pyridine rings is 1. The van der Waals surface area contributed by atoms with E-state index in [4.69, 9.17) is 5.73 Å². The zero-order chi connectivity index (χ0) is 12.4. The molecule has 1 unspecified atom stereocenters. The number of nitrogens with zero attached hydrogens (tertiary/aromatic N) is 2. The zero-order valence-electron chi connectivity index (χ0n) is 9.92. The van der Waals surface area contributed by atoms with E-state index in [1.54, 1.807) is 0 Å². The molecule has 94 valence electrons. The summed E-state index contributed by atoms with van der Waals surface area (Å²) in [5.74, 6) is -1.47. The summed E-state index contributed by atoms with van der Waals surface area (Å²) < 4.78 is 26.8. The van der Waals surface area contributed by atoms with Gasteiger partial charge in [-0.15, -0.1) is 0 Å². The number of piperidine rings is 1. The molecule has 0 saturated carbocycles. The van der Waals surface area contributed by atoms with Gasteiger partial charge in [0.15, 0.2) is 23.3 Å². The minimum absolute atomic E-state index is 0.190. The second-order valence-electron chi connectivity index (χ2n) is 4.41. The molecule has 0 spiro atoms. The predicted molar refractivity (Wildman–Crippen MR) is 63.8 cm³/mol. The van der Waals surface area contributed by atoms with E-state index in [1.165, 1.54) is 0 Å². The van der Waals surface area contributed by atoms with E-state index in [2.05, 4.69) is 11.9 Å². The van der Waals surface area contributed by atoms with Crippen LogP contribution in [0.5, 0.6) is 0 Å². The van der Waals surface area contributed by atoms with Crippen molar-refractivity contribution >= 4 is 11.6 Å². The number of anilines is 2. The third kappa shape index (κ3) is 2.33. The van der Waals surface area contributed by atoms with E-state index >= 15 is 0 Å². The molecule has 0 amide bonds. The molecule has 1 saturated heterocycles. The van der Waals surface area contributed by atoms with Crippen LogP contribution < -0.4 is 10.6 Å². The van der Waals surface area contributed by atoms with Gasteiger partial charge >= 0.3 is 0 Å². The molecule has 1 atom stereocenters. The van der Waals surface area contributed by atoms with Crippen LogP contribution in [0, 0.1) is 11.6 Å². The fourth-order valence-corrected chi connectivity index (χ4v) is 2.38. The standard InChI is InChI=1S/C12H17F2N3/c1-2-8-5-3-4-6-17(8)12-10(14)7-9(13)11(15)16-12/h7-8H,2-6H2,1H3,(H2,15,16). The van der Waals surface area contributed by atoms with Crippen molar-refractivity contribution in [3.8, 4) is 0 Å². The topological polar surface area (TPSA) is 42.2 Å². The Balaban J connectivity index is 2.34. The molecule has 0 radical (unpaired) electrons. The van der Waals surface area contributed by atoms with Gasteiger partial charge in [-0.2, -0.15) is 0 Å². The van der Waals surface area contributed by atoms with Crippen molar-refractivity contribution in [2.24, 2.45) is 0 Å². The van der Waals surface area contributed by atoms with Crippen molar-refractivity contribution < 1.29 is 8.78 Å². The van der Waals surface area contributed by atoms with Crippen molar-refractivity contribution in [1.82, 2.24) is 4.98 Å². The Hall–Kier alpha value is -1.39. The summed E-state index contributed by atoms with van der Waals surface area (Å²) in [7, 11) is 0. The van der Waals surface area contributed by atoms with Crippen LogP contribution in [0.15, 0.2) is 6.07 Å². The molecule has 2 heterocycles. The summed E-state index contributed by atoms with van der Waals surface area (Å²) >= 11 is 0. The van der Waals surface area contributed by atoms with Gasteiger partial charge in [0.25, 0.3) is 0 Å². The molecule has 0 aromatic carbocycles. The quantitative estimate of drug-likeness (QED) is 0.865. The van der Waals surface area contributed by atoms with Gasteiger partial charge < -0.3 is 10.6 Å².